The number of rotatable bonds is 4. The van der Waals surface area contributed by atoms with Crippen LogP contribution < -0.4 is 56.5 Å². The van der Waals surface area contributed by atoms with Crippen molar-refractivity contribution < 1.29 is 61.3 Å². The van der Waals surface area contributed by atoms with Crippen LogP contribution in [0.2, 0.25) is 0 Å². The summed E-state index contributed by atoms with van der Waals surface area (Å²) in [5, 5.41) is 10.5. The van der Waals surface area contributed by atoms with Gasteiger partial charge < -0.3 is 5.11 Å². The zero-order valence-electron chi connectivity index (χ0n) is 8.46. The van der Waals surface area contributed by atoms with Crippen molar-refractivity contribution in [2.45, 2.75) is 13.8 Å². The van der Waals surface area contributed by atoms with Crippen LogP contribution in [0.5, 0.6) is 0 Å². The number of ketones is 1. The summed E-state index contributed by atoms with van der Waals surface area (Å²) in [6.07, 6.45) is 4.30. The van der Waals surface area contributed by atoms with E-state index in [0.717, 1.165) is 0 Å². The first-order valence-corrected chi connectivity index (χ1v) is 3.62. The van der Waals surface area contributed by atoms with E-state index in [1.807, 2.05) is 0 Å². The maximum Gasteiger partial charge on any atom is 1.00 e. The molecule has 0 aromatic carbocycles. The van der Waals surface area contributed by atoms with Crippen LogP contribution in [0.25, 0.3) is 0 Å². The number of hydrogen-bond donors (Lipinski definition) is 0. The topological polar surface area (TPSA) is 40.1 Å². The van der Waals surface area contributed by atoms with Crippen molar-refractivity contribution >= 4 is 5.78 Å². The number of allylic oxidation sites excluding steroid dienone is 3. The van der Waals surface area contributed by atoms with Crippen molar-refractivity contribution in [3.8, 4) is 0 Å². The van der Waals surface area contributed by atoms with Crippen molar-refractivity contribution in [3.63, 3.8) is 0 Å². The summed E-state index contributed by atoms with van der Waals surface area (Å²) in [4.78, 5) is 11.1. The number of hydrogen-bond acceptors (Lipinski definition) is 2. The Hall–Kier alpha value is 0.326. The van der Waals surface area contributed by atoms with E-state index in [-0.39, 0.29) is 62.9 Å². The summed E-state index contributed by atoms with van der Waals surface area (Å²) in [7, 11) is 0. The van der Waals surface area contributed by atoms with E-state index in [0.29, 0.717) is 0 Å². The van der Waals surface area contributed by atoms with Gasteiger partial charge in [-0.2, -0.15) is 0 Å². The van der Waals surface area contributed by atoms with Crippen molar-refractivity contribution in [1.29, 1.82) is 0 Å². The molecule has 0 aliphatic heterocycles. The van der Waals surface area contributed by atoms with Crippen LogP contribution >= 0.6 is 0 Å². The van der Waals surface area contributed by atoms with E-state index >= 15 is 0 Å². The largest absolute Gasteiger partial charge is 1.00 e. The van der Waals surface area contributed by atoms with Crippen molar-refractivity contribution in [1.82, 2.24) is 0 Å². The third-order valence-electron chi connectivity index (χ3n) is 1.80. The summed E-state index contributed by atoms with van der Waals surface area (Å²) in [6, 6.07) is 0. The van der Waals surface area contributed by atoms with Crippen molar-refractivity contribution in [2.75, 3.05) is 0 Å². The Bertz CT molecular complexity index is 243. The van der Waals surface area contributed by atoms with Gasteiger partial charge in [-0.05, 0) is 13.8 Å². The summed E-state index contributed by atoms with van der Waals surface area (Å²) in [6.45, 7) is 9.85. The van der Waals surface area contributed by atoms with Gasteiger partial charge in [0.2, 0.25) is 0 Å². The molecule has 1 atom stereocenters. The smallest absolute Gasteiger partial charge is 0.873 e. The second-order valence-electron chi connectivity index (χ2n) is 2.84. The van der Waals surface area contributed by atoms with Gasteiger partial charge in [-0.1, -0.05) is 18.2 Å². The Balaban J connectivity index is 0. The molecule has 1 unspecified atom stereocenters. The Morgan fingerprint density at radius 3 is 2.23 bits per heavy atom. The summed E-state index contributed by atoms with van der Waals surface area (Å²) in [5.74, 6) is -0.362. The number of Topliss-reactive ketones (excluding diaryl/α,β-unsaturated/α-hetero) is 1. The summed E-state index contributed by atoms with van der Waals surface area (Å²) >= 11 is 0. The molecule has 0 amide bonds. The molecule has 0 saturated carbocycles. The van der Waals surface area contributed by atoms with E-state index in [1.165, 1.54) is 25.2 Å². The fourth-order valence-electron chi connectivity index (χ4n) is 0.595. The van der Waals surface area contributed by atoms with E-state index in [4.69, 9.17) is 0 Å². The minimum atomic E-state index is -0.743. The summed E-state index contributed by atoms with van der Waals surface area (Å²) < 4.78 is 0. The van der Waals surface area contributed by atoms with Crippen LogP contribution in [0.15, 0.2) is 37.1 Å². The molecule has 0 aliphatic rings. The Morgan fingerprint density at radius 2 is 2.00 bits per heavy atom. The summed E-state index contributed by atoms with van der Waals surface area (Å²) in [5.41, 5.74) is -0.743. The SMILES string of the molecule is C=CC(C)(/C=C\C(=C)[O-])C(C)=O.[K+]. The second kappa shape index (κ2) is 6.73. The number of carbonyl (C=O) groups excluding carboxylic acids is 1. The van der Waals surface area contributed by atoms with Crippen molar-refractivity contribution in [2.24, 2.45) is 5.41 Å². The van der Waals surface area contributed by atoms with Gasteiger partial charge in [-0.15, -0.1) is 18.9 Å². The molecular weight excluding hydrogens is 191 g/mol. The second-order valence-corrected chi connectivity index (χ2v) is 2.84. The van der Waals surface area contributed by atoms with Crippen LogP contribution in [0.4, 0.5) is 0 Å². The molecule has 0 bridgehead atoms. The molecule has 13 heavy (non-hydrogen) atoms. The minimum absolute atomic E-state index is 0. The molecule has 0 aliphatic carbocycles. The van der Waals surface area contributed by atoms with Crippen molar-refractivity contribution in [3.05, 3.63) is 37.1 Å². The molecule has 0 heterocycles. The molecule has 0 aromatic heterocycles. The molecule has 0 rings (SSSR count). The van der Waals surface area contributed by atoms with Gasteiger partial charge in [-0.25, -0.2) is 0 Å². The number of carbonyl (C=O) groups is 1. The minimum Gasteiger partial charge on any atom is -0.873 e. The van der Waals surface area contributed by atoms with Gasteiger partial charge in [-0.3, -0.25) is 4.79 Å². The van der Waals surface area contributed by atoms with Gasteiger partial charge in [0.25, 0.3) is 0 Å². The van der Waals surface area contributed by atoms with Crippen LogP contribution in [0, 0.1) is 5.41 Å². The maximum absolute atomic E-state index is 11.1. The van der Waals surface area contributed by atoms with E-state index in [2.05, 4.69) is 13.2 Å². The molecule has 0 spiro atoms. The Labute approximate surface area is 122 Å². The Kier molecular flexibility index (Phi) is 8.17. The predicted molar refractivity (Wildman–Crippen MR) is 47.3 cm³/mol. The third kappa shape index (κ3) is 5.60. The predicted octanol–water partition coefficient (Wildman–Crippen LogP) is -1.80. The van der Waals surface area contributed by atoms with Crippen LogP contribution in [0.3, 0.4) is 0 Å². The van der Waals surface area contributed by atoms with E-state index < -0.39 is 5.41 Å². The first-order chi connectivity index (χ1) is 5.42. The molecule has 0 aromatic rings. The average molecular weight is 204 g/mol. The molecule has 0 N–H and O–H groups in total. The van der Waals surface area contributed by atoms with Crippen LogP contribution in [-0.2, 0) is 4.79 Å². The van der Waals surface area contributed by atoms with Gasteiger partial charge in [0.05, 0.1) is 5.41 Å². The molecule has 66 valence electrons. The van der Waals surface area contributed by atoms with Gasteiger partial charge in [0.15, 0.2) is 0 Å². The van der Waals surface area contributed by atoms with Crippen LogP contribution in [0.1, 0.15) is 13.8 Å². The van der Waals surface area contributed by atoms with Gasteiger partial charge in [0, 0.05) is 0 Å². The fraction of sp³-hybridized carbons (Fsp3) is 0.300. The van der Waals surface area contributed by atoms with E-state index in [1.54, 1.807) is 6.92 Å². The Morgan fingerprint density at radius 1 is 1.54 bits per heavy atom. The monoisotopic (exact) mass is 204 g/mol. The van der Waals surface area contributed by atoms with Gasteiger partial charge in [0.1, 0.15) is 5.78 Å². The fourth-order valence-corrected chi connectivity index (χ4v) is 0.595. The standard InChI is InChI=1S/C10H14O2.K/c1-5-10(4,9(3)12)7-6-8(2)11;/h5-7,11H,1-2H2,3-4H3;/q;+1/p-1/b7-6-;. The quantitative estimate of drug-likeness (QED) is 0.235. The molecule has 3 heteroatoms. The first-order valence-electron chi connectivity index (χ1n) is 3.62. The average Bonchev–Trinajstić information content (AvgIpc) is 1.99. The van der Waals surface area contributed by atoms with Gasteiger partial charge >= 0.3 is 51.4 Å². The first kappa shape index (κ1) is 15.8. The maximum atomic E-state index is 11.1. The molecule has 0 fully saturated rings. The molecular formula is C10H13KO2. The zero-order valence-corrected chi connectivity index (χ0v) is 11.6. The van der Waals surface area contributed by atoms with E-state index in [9.17, 15) is 9.90 Å². The molecule has 2 nitrogen and oxygen atoms in total. The molecule has 0 radical (unpaired) electrons. The normalized spacial score (nSPS) is 14.3. The zero-order chi connectivity index (χ0) is 9.78. The third-order valence-corrected chi connectivity index (χ3v) is 1.80. The van der Waals surface area contributed by atoms with Crippen LogP contribution in [-0.4, -0.2) is 5.78 Å². The molecule has 0 saturated heterocycles.